The summed E-state index contributed by atoms with van der Waals surface area (Å²) in [5.74, 6) is -0.0594. The highest BCUT2D eigenvalue weighted by Crippen LogP contribution is 2.06. The molecule has 0 radical (unpaired) electrons. The van der Waals surface area contributed by atoms with Gasteiger partial charge in [-0.05, 0) is 19.9 Å². The Labute approximate surface area is 117 Å². The summed E-state index contributed by atoms with van der Waals surface area (Å²) in [6.07, 6.45) is 5.45. The van der Waals surface area contributed by atoms with Gasteiger partial charge in [-0.2, -0.15) is 10.2 Å². The number of anilines is 1. The monoisotopic (exact) mass is 277 g/mol. The third-order valence-corrected chi connectivity index (χ3v) is 2.82. The molecule has 108 valence electrons. The van der Waals surface area contributed by atoms with E-state index in [9.17, 15) is 4.79 Å². The maximum absolute atomic E-state index is 11.8. The van der Waals surface area contributed by atoms with Crippen molar-refractivity contribution in [3.05, 3.63) is 30.4 Å². The summed E-state index contributed by atoms with van der Waals surface area (Å²) in [6.45, 7) is 5.47. The molecule has 2 aromatic heterocycles. The van der Waals surface area contributed by atoms with Crippen LogP contribution in [-0.4, -0.2) is 32.1 Å². The lowest BCUT2D eigenvalue weighted by atomic mass is 10.3. The number of nitrogens with one attached hydrogen (secondary N) is 1. The second kappa shape index (κ2) is 6.85. The zero-order valence-corrected chi connectivity index (χ0v) is 11.7. The first-order valence-electron chi connectivity index (χ1n) is 6.57. The molecule has 0 unspecified atom stereocenters. The molecule has 0 bridgehead atoms. The number of carbonyl (C=O) groups is 1. The van der Waals surface area contributed by atoms with Crippen molar-refractivity contribution >= 4 is 11.6 Å². The molecule has 0 aliphatic rings. The second-order valence-electron chi connectivity index (χ2n) is 4.38. The Kier molecular flexibility index (Phi) is 4.89. The lowest BCUT2D eigenvalue weighted by molar-refractivity contribution is -0.116. The lowest BCUT2D eigenvalue weighted by Crippen LogP contribution is -2.15. The molecule has 0 fully saturated rings. The molecule has 0 aromatic carbocycles. The predicted octanol–water partition coefficient (Wildman–Crippen LogP) is 1.41. The summed E-state index contributed by atoms with van der Waals surface area (Å²) in [5.41, 5.74) is 1.72. The highest BCUT2D eigenvalue weighted by atomic mass is 16.5. The topological polar surface area (TPSA) is 74.0 Å². The zero-order valence-electron chi connectivity index (χ0n) is 11.7. The molecule has 7 heteroatoms. The third-order valence-electron chi connectivity index (χ3n) is 2.82. The Hall–Kier alpha value is -2.15. The van der Waals surface area contributed by atoms with E-state index in [4.69, 9.17) is 4.74 Å². The van der Waals surface area contributed by atoms with E-state index in [-0.39, 0.29) is 5.91 Å². The number of aryl methyl sites for hydroxylation is 2. The first kappa shape index (κ1) is 14.3. The minimum absolute atomic E-state index is 0.0594. The van der Waals surface area contributed by atoms with Gasteiger partial charge in [-0.15, -0.1) is 0 Å². The van der Waals surface area contributed by atoms with E-state index < -0.39 is 0 Å². The van der Waals surface area contributed by atoms with Gasteiger partial charge < -0.3 is 10.1 Å². The third kappa shape index (κ3) is 3.92. The van der Waals surface area contributed by atoms with Gasteiger partial charge in [0.2, 0.25) is 5.91 Å². The first-order valence-corrected chi connectivity index (χ1v) is 6.57. The molecule has 20 heavy (non-hydrogen) atoms. The van der Waals surface area contributed by atoms with E-state index in [2.05, 4.69) is 15.5 Å². The maximum atomic E-state index is 11.8. The second-order valence-corrected chi connectivity index (χ2v) is 4.38. The summed E-state index contributed by atoms with van der Waals surface area (Å²) >= 11 is 0. The standard InChI is InChI=1S/C13H19N5O2/c1-3-20-10-17-9-12(8-15-17)16-13(19)5-7-18-11(2)4-6-14-18/h4,6,8-9H,3,5,7,10H2,1-2H3,(H,16,19). The van der Waals surface area contributed by atoms with Crippen molar-refractivity contribution in [3.8, 4) is 0 Å². The van der Waals surface area contributed by atoms with Crippen LogP contribution in [0.2, 0.25) is 0 Å². The van der Waals surface area contributed by atoms with Gasteiger partial charge >= 0.3 is 0 Å². The van der Waals surface area contributed by atoms with Crippen LogP contribution in [-0.2, 0) is 22.8 Å². The number of hydrogen-bond acceptors (Lipinski definition) is 4. The molecule has 0 aliphatic carbocycles. The normalized spacial score (nSPS) is 10.7. The minimum atomic E-state index is -0.0594. The average Bonchev–Trinajstić information content (AvgIpc) is 3.03. The molecule has 2 heterocycles. The molecule has 0 atom stereocenters. The average molecular weight is 277 g/mol. The van der Waals surface area contributed by atoms with E-state index in [1.54, 1.807) is 28.0 Å². The van der Waals surface area contributed by atoms with Gasteiger partial charge in [0, 0.05) is 31.5 Å². The molecule has 1 N–H and O–H groups in total. The van der Waals surface area contributed by atoms with Gasteiger partial charge in [-0.3, -0.25) is 9.48 Å². The van der Waals surface area contributed by atoms with E-state index >= 15 is 0 Å². The number of rotatable bonds is 7. The fraction of sp³-hybridized carbons (Fsp3) is 0.462. The molecule has 0 spiro atoms. The fourth-order valence-electron chi connectivity index (χ4n) is 1.75. The van der Waals surface area contributed by atoms with Crippen LogP contribution in [0.25, 0.3) is 0 Å². The Bertz CT molecular complexity index is 561. The van der Waals surface area contributed by atoms with Crippen molar-refractivity contribution in [2.75, 3.05) is 11.9 Å². The highest BCUT2D eigenvalue weighted by molar-refractivity contribution is 5.90. The van der Waals surface area contributed by atoms with Crippen LogP contribution in [0.1, 0.15) is 19.0 Å². The van der Waals surface area contributed by atoms with E-state index in [0.29, 0.717) is 32.0 Å². The molecule has 2 aromatic rings. The van der Waals surface area contributed by atoms with Gasteiger partial charge in [-0.1, -0.05) is 0 Å². The Balaban J connectivity index is 1.79. The number of carbonyl (C=O) groups excluding carboxylic acids is 1. The SMILES string of the molecule is CCOCn1cc(NC(=O)CCn2nccc2C)cn1. The summed E-state index contributed by atoms with van der Waals surface area (Å²) < 4.78 is 8.66. The van der Waals surface area contributed by atoms with Crippen LogP contribution in [0, 0.1) is 6.92 Å². The van der Waals surface area contributed by atoms with E-state index in [1.165, 1.54) is 0 Å². The highest BCUT2D eigenvalue weighted by Gasteiger charge is 2.06. The first-order chi connectivity index (χ1) is 9.69. The van der Waals surface area contributed by atoms with Crippen LogP contribution >= 0.6 is 0 Å². The molecular weight excluding hydrogens is 258 g/mol. The van der Waals surface area contributed by atoms with Crippen LogP contribution in [0.5, 0.6) is 0 Å². The Morgan fingerprint density at radius 1 is 1.45 bits per heavy atom. The van der Waals surface area contributed by atoms with Gasteiger partial charge in [0.1, 0.15) is 6.73 Å². The zero-order chi connectivity index (χ0) is 14.4. The van der Waals surface area contributed by atoms with Gasteiger partial charge in [0.25, 0.3) is 0 Å². The van der Waals surface area contributed by atoms with Gasteiger partial charge in [-0.25, -0.2) is 4.68 Å². The smallest absolute Gasteiger partial charge is 0.226 e. The van der Waals surface area contributed by atoms with Gasteiger partial charge in [0.05, 0.1) is 18.1 Å². The van der Waals surface area contributed by atoms with Crippen LogP contribution in [0.4, 0.5) is 5.69 Å². The minimum Gasteiger partial charge on any atom is -0.360 e. The van der Waals surface area contributed by atoms with Crippen LogP contribution in [0.15, 0.2) is 24.7 Å². The summed E-state index contributed by atoms with van der Waals surface area (Å²) in [4.78, 5) is 11.8. The molecule has 0 aliphatic heterocycles. The number of hydrogen-bond donors (Lipinski definition) is 1. The Morgan fingerprint density at radius 2 is 2.30 bits per heavy atom. The number of aromatic nitrogens is 4. The largest absolute Gasteiger partial charge is 0.360 e. The molecule has 7 nitrogen and oxygen atoms in total. The Morgan fingerprint density at radius 3 is 3.00 bits per heavy atom. The van der Waals surface area contributed by atoms with Crippen molar-refractivity contribution in [1.29, 1.82) is 0 Å². The molecule has 0 saturated heterocycles. The van der Waals surface area contributed by atoms with Crippen molar-refractivity contribution in [3.63, 3.8) is 0 Å². The molecule has 1 amide bonds. The van der Waals surface area contributed by atoms with E-state index in [1.807, 2.05) is 19.9 Å². The molecular formula is C13H19N5O2. The quantitative estimate of drug-likeness (QED) is 0.830. The van der Waals surface area contributed by atoms with Crippen molar-refractivity contribution < 1.29 is 9.53 Å². The maximum Gasteiger partial charge on any atom is 0.226 e. The number of ether oxygens (including phenoxy) is 1. The van der Waals surface area contributed by atoms with Crippen LogP contribution in [0.3, 0.4) is 0 Å². The summed E-state index contributed by atoms with van der Waals surface area (Å²) in [6, 6.07) is 1.91. The lowest BCUT2D eigenvalue weighted by Gasteiger charge is -2.04. The number of amides is 1. The van der Waals surface area contributed by atoms with Crippen LogP contribution < -0.4 is 5.32 Å². The van der Waals surface area contributed by atoms with Crippen molar-refractivity contribution in [1.82, 2.24) is 19.6 Å². The van der Waals surface area contributed by atoms with Crippen molar-refractivity contribution in [2.45, 2.75) is 33.5 Å². The summed E-state index contributed by atoms with van der Waals surface area (Å²) in [5, 5.41) is 11.0. The van der Waals surface area contributed by atoms with Gasteiger partial charge in [0.15, 0.2) is 0 Å². The fourth-order valence-corrected chi connectivity index (χ4v) is 1.75. The van der Waals surface area contributed by atoms with E-state index in [0.717, 1.165) is 5.69 Å². The van der Waals surface area contributed by atoms with Crippen molar-refractivity contribution in [2.24, 2.45) is 0 Å². The summed E-state index contributed by atoms with van der Waals surface area (Å²) in [7, 11) is 0. The molecule has 0 saturated carbocycles. The molecule has 2 rings (SSSR count). The predicted molar refractivity (Wildman–Crippen MR) is 74.1 cm³/mol. The number of nitrogens with zero attached hydrogens (tertiary/aromatic N) is 4.